The SMILES string of the molecule is C[C@]12CC[C@@H]3[C@H](CCC4=CC(=O)CC[C@@]43C)[C@H]1CC[C@H]2OP(=O)(O)O. The van der Waals surface area contributed by atoms with E-state index in [1.54, 1.807) is 0 Å². The zero-order valence-electron chi connectivity index (χ0n) is 15.1. The van der Waals surface area contributed by atoms with Crippen LogP contribution in [-0.4, -0.2) is 21.7 Å². The predicted octanol–water partition coefficient (Wildman–Crippen LogP) is 4.00. The summed E-state index contributed by atoms with van der Waals surface area (Å²) in [4.78, 5) is 30.4. The molecule has 4 aliphatic rings. The first-order chi connectivity index (χ1) is 11.6. The summed E-state index contributed by atoms with van der Waals surface area (Å²) < 4.78 is 16.6. The molecule has 6 atom stereocenters. The van der Waals surface area contributed by atoms with Gasteiger partial charge < -0.3 is 9.79 Å². The molecular formula is C19H29O5P. The van der Waals surface area contributed by atoms with Crippen LogP contribution in [0.5, 0.6) is 0 Å². The number of hydrogen-bond acceptors (Lipinski definition) is 3. The maximum Gasteiger partial charge on any atom is 0.469 e. The van der Waals surface area contributed by atoms with Crippen LogP contribution in [0.3, 0.4) is 0 Å². The lowest BCUT2D eigenvalue weighted by atomic mass is 9.47. The number of carbonyl (C=O) groups excluding carboxylic acids is 1. The Kier molecular flexibility index (Phi) is 4.12. The molecule has 3 fully saturated rings. The van der Waals surface area contributed by atoms with Crippen LogP contribution < -0.4 is 0 Å². The van der Waals surface area contributed by atoms with Crippen molar-refractivity contribution in [2.45, 2.75) is 71.3 Å². The minimum absolute atomic E-state index is 0.135. The van der Waals surface area contributed by atoms with Gasteiger partial charge in [0.1, 0.15) is 0 Å². The van der Waals surface area contributed by atoms with Crippen LogP contribution >= 0.6 is 7.82 Å². The Bertz CT molecular complexity index is 667. The topological polar surface area (TPSA) is 83.8 Å². The molecule has 0 aromatic rings. The predicted molar refractivity (Wildman–Crippen MR) is 93.6 cm³/mol. The number of carbonyl (C=O) groups is 1. The fraction of sp³-hybridized carbons (Fsp3) is 0.842. The van der Waals surface area contributed by atoms with Crippen LogP contribution in [0.4, 0.5) is 0 Å². The van der Waals surface area contributed by atoms with Crippen molar-refractivity contribution in [2.75, 3.05) is 0 Å². The molecule has 4 aliphatic carbocycles. The number of rotatable bonds is 2. The molecule has 0 saturated heterocycles. The Morgan fingerprint density at radius 2 is 1.84 bits per heavy atom. The molecule has 0 aromatic carbocycles. The van der Waals surface area contributed by atoms with Crippen molar-refractivity contribution in [1.29, 1.82) is 0 Å². The molecule has 3 saturated carbocycles. The van der Waals surface area contributed by atoms with Gasteiger partial charge in [0.25, 0.3) is 0 Å². The van der Waals surface area contributed by atoms with E-state index < -0.39 is 7.82 Å². The lowest BCUT2D eigenvalue weighted by Crippen LogP contribution is -2.51. The van der Waals surface area contributed by atoms with E-state index in [1.807, 2.05) is 6.08 Å². The van der Waals surface area contributed by atoms with E-state index in [9.17, 15) is 19.1 Å². The van der Waals surface area contributed by atoms with Crippen molar-refractivity contribution in [2.24, 2.45) is 28.6 Å². The average Bonchev–Trinajstić information content (AvgIpc) is 2.83. The first-order valence-corrected chi connectivity index (χ1v) is 11.1. The van der Waals surface area contributed by atoms with Crippen molar-refractivity contribution in [1.82, 2.24) is 0 Å². The average molecular weight is 368 g/mol. The first-order valence-electron chi connectivity index (χ1n) is 9.61. The molecule has 0 bridgehead atoms. The van der Waals surface area contributed by atoms with Crippen molar-refractivity contribution in [3.8, 4) is 0 Å². The van der Waals surface area contributed by atoms with Gasteiger partial charge >= 0.3 is 7.82 Å². The minimum Gasteiger partial charge on any atom is -0.303 e. The summed E-state index contributed by atoms with van der Waals surface area (Å²) in [6.45, 7) is 4.53. The second-order valence-corrected chi connectivity index (χ2v) is 10.4. The van der Waals surface area contributed by atoms with Crippen LogP contribution in [0.1, 0.15) is 65.2 Å². The van der Waals surface area contributed by atoms with E-state index in [-0.39, 0.29) is 22.7 Å². The van der Waals surface area contributed by atoms with Gasteiger partial charge in [-0.2, -0.15) is 0 Å². The van der Waals surface area contributed by atoms with Crippen LogP contribution in [0, 0.1) is 28.6 Å². The highest BCUT2D eigenvalue weighted by molar-refractivity contribution is 7.46. The molecule has 0 radical (unpaired) electrons. The molecule has 0 unspecified atom stereocenters. The van der Waals surface area contributed by atoms with Crippen molar-refractivity contribution < 1.29 is 23.7 Å². The lowest BCUT2D eigenvalue weighted by molar-refractivity contribution is -0.117. The van der Waals surface area contributed by atoms with Gasteiger partial charge in [-0.3, -0.25) is 9.32 Å². The third-order valence-corrected chi connectivity index (χ3v) is 8.67. The summed E-state index contributed by atoms with van der Waals surface area (Å²) in [7, 11) is -4.45. The van der Waals surface area contributed by atoms with Gasteiger partial charge in [-0.05, 0) is 79.6 Å². The summed E-state index contributed by atoms with van der Waals surface area (Å²) in [6, 6.07) is 0. The zero-order valence-corrected chi connectivity index (χ0v) is 16.0. The Morgan fingerprint density at radius 3 is 2.56 bits per heavy atom. The van der Waals surface area contributed by atoms with Gasteiger partial charge in [0.15, 0.2) is 5.78 Å². The minimum atomic E-state index is -4.45. The van der Waals surface area contributed by atoms with E-state index in [0.29, 0.717) is 24.2 Å². The largest absolute Gasteiger partial charge is 0.469 e. The molecule has 25 heavy (non-hydrogen) atoms. The summed E-state index contributed by atoms with van der Waals surface area (Å²) >= 11 is 0. The number of phosphoric ester groups is 1. The van der Waals surface area contributed by atoms with Gasteiger partial charge in [0.05, 0.1) is 6.10 Å². The third-order valence-electron chi connectivity index (χ3n) is 8.14. The van der Waals surface area contributed by atoms with Crippen LogP contribution in [0.2, 0.25) is 0 Å². The van der Waals surface area contributed by atoms with E-state index in [4.69, 9.17) is 4.52 Å². The van der Waals surface area contributed by atoms with Gasteiger partial charge in [0.2, 0.25) is 0 Å². The van der Waals surface area contributed by atoms with E-state index in [0.717, 1.165) is 44.9 Å². The molecule has 140 valence electrons. The zero-order chi connectivity index (χ0) is 18.0. The Labute approximate surface area is 149 Å². The summed E-state index contributed by atoms with van der Waals surface area (Å²) in [5.74, 6) is 1.92. The third kappa shape index (κ3) is 2.79. The standard InChI is InChI=1S/C19H29O5P/c1-18-9-7-13(20)11-12(18)3-4-14-15-5-6-17(24-25(21,22)23)19(15,2)10-8-16(14)18/h11,14-17H,3-10H2,1-2H3,(H2,21,22,23)/t14-,15-,16-,17-,18+,19+/m1/s1. The van der Waals surface area contributed by atoms with Gasteiger partial charge in [-0.25, -0.2) is 4.57 Å². The van der Waals surface area contributed by atoms with Crippen LogP contribution in [-0.2, 0) is 13.9 Å². The van der Waals surface area contributed by atoms with E-state index in [1.165, 1.54) is 5.57 Å². The maximum atomic E-state index is 11.9. The molecule has 0 amide bonds. The number of fused-ring (bicyclic) bond motifs is 5. The molecule has 0 heterocycles. The van der Waals surface area contributed by atoms with Crippen molar-refractivity contribution in [3.63, 3.8) is 0 Å². The van der Waals surface area contributed by atoms with Gasteiger partial charge in [-0.15, -0.1) is 0 Å². The maximum absolute atomic E-state index is 11.9. The smallest absolute Gasteiger partial charge is 0.303 e. The highest BCUT2D eigenvalue weighted by Gasteiger charge is 2.60. The second-order valence-electron chi connectivity index (χ2n) is 9.18. The fourth-order valence-electron chi connectivity index (χ4n) is 6.85. The molecule has 2 N–H and O–H groups in total. The number of allylic oxidation sites excluding steroid dienone is 1. The van der Waals surface area contributed by atoms with Gasteiger partial charge in [-0.1, -0.05) is 19.4 Å². The molecule has 0 aliphatic heterocycles. The Hall–Kier alpha value is -0.480. The molecule has 0 aromatic heterocycles. The van der Waals surface area contributed by atoms with Crippen molar-refractivity contribution >= 4 is 13.6 Å². The van der Waals surface area contributed by atoms with Crippen molar-refractivity contribution in [3.05, 3.63) is 11.6 Å². The number of hydrogen-bond donors (Lipinski definition) is 2. The molecule has 4 rings (SSSR count). The molecule has 0 spiro atoms. The van der Waals surface area contributed by atoms with Gasteiger partial charge in [0, 0.05) is 6.42 Å². The first kappa shape index (κ1) is 17.9. The Morgan fingerprint density at radius 1 is 1.08 bits per heavy atom. The molecular weight excluding hydrogens is 339 g/mol. The van der Waals surface area contributed by atoms with E-state index in [2.05, 4.69) is 13.8 Å². The van der Waals surface area contributed by atoms with Crippen LogP contribution in [0.25, 0.3) is 0 Å². The molecule has 5 nitrogen and oxygen atoms in total. The summed E-state index contributed by atoms with van der Waals surface area (Å²) in [5.41, 5.74) is 1.36. The van der Waals surface area contributed by atoms with Crippen LogP contribution in [0.15, 0.2) is 11.6 Å². The number of ketones is 1. The fourth-order valence-corrected chi connectivity index (χ4v) is 7.53. The molecule has 6 heteroatoms. The number of phosphoric acid groups is 1. The second kappa shape index (κ2) is 5.76. The highest BCUT2D eigenvalue weighted by Crippen LogP contribution is 2.66. The quantitative estimate of drug-likeness (QED) is 0.720. The lowest BCUT2D eigenvalue weighted by Gasteiger charge is -2.57. The summed E-state index contributed by atoms with van der Waals surface area (Å²) in [6.07, 6.45) is 9.08. The van der Waals surface area contributed by atoms with E-state index >= 15 is 0 Å². The Balaban J connectivity index is 1.61. The monoisotopic (exact) mass is 368 g/mol. The highest BCUT2D eigenvalue weighted by atomic mass is 31.2. The normalized spacial score (nSPS) is 46.9. The summed E-state index contributed by atoms with van der Waals surface area (Å²) in [5, 5.41) is 0.